The van der Waals surface area contributed by atoms with Crippen LogP contribution in [0.1, 0.15) is 24.5 Å². The molecule has 0 unspecified atom stereocenters. The van der Waals surface area contributed by atoms with Crippen molar-refractivity contribution in [1.29, 1.82) is 0 Å². The second kappa shape index (κ2) is 6.61. The van der Waals surface area contributed by atoms with Crippen LogP contribution in [0.4, 0.5) is 5.69 Å². The zero-order chi connectivity index (χ0) is 12.7. The lowest BCUT2D eigenvalue weighted by Crippen LogP contribution is -2.00. The number of aliphatic carboxylic acids is 1. The number of carbonyl (C=O) groups excluding carboxylic acids is 1. The highest BCUT2D eigenvalue weighted by molar-refractivity contribution is 5.93. The molecule has 1 aromatic rings. The molecule has 0 saturated carbocycles. The van der Waals surface area contributed by atoms with Crippen LogP contribution in [0.15, 0.2) is 18.2 Å². The Bertz CT molecular complexity index is 374. The van der Waals surface area contributed by atoms with Gasteiger partial charge in [-0.1, -0.05) is 17.7 Å². The van der Waals surface area contributed by atoms with E-state index in [1.54, 1.807) is 0 Å². The van der Waals surface area contributed by atoms with Gasteiger partial charge < -0.3 is 10.8 Å². The summed E-state index contributed by atoms with van der Waals surface area (Å²) in [7, 11) is 0. The van der Waals surface area contributed by atoms with Crippen molar-refractivity contribution in [2.24, 2.45) is 0 Å². The van der Waals surface area contributed by atoms with Gasteiger partial charge in [-0.15, -0.1) is 0 Å². The second-order valence-electron chi connectivity index (χ2n) is 3.63. The molecule has 1 aromatic carbocycles. The predicted molar refractivity (Wildman–Crippen MR) is 63.3 cm³/mol. The first-order valence-electron chi connectivity index (χ1n) is 4.87. The molecule has 0 radical (unpaired) electrons. The Hall–Kier alpha value is -1.84. The van der Waals surface area contributed by atoms with E-state index < -0.39 is 5.97 Å². The first-order valence-corrected chi connectivity index (χ1v) is 4.87. The van der Waals surface area contributed by atoms with Gasteiger partial charge in [0.2, 0.25) is 0 Å². The summed E-state index contributed by atoms with van der Waals surface area (Å²) < 4.78 is 0. The van der Waals surface area contributed by atoms with Crippen molar-refractivity contribution < 1.29 is 14.7 Å². The molecule has 3 N–H and O–H groups in total. The van der Waals surface area contributed by atoms with Crippen LogP contribution >= 0.6 is 0 Å². The topological polar surface area (TPSA) is 80.4 Å². The fraction of sp³-hybridized carbons (Fsp3) is 0.333. The third kappa shape index (κ3) is 6.59. The van der Waals surface area contributed by atoms with Crippen LogP contribution in [-0.2, 0) is 9.59 Å². The number of carboxylic acid groups (broad SMARTS) is 1. The number of rotatable bonds is 2. The van der Waals surface area contributed by atoms with E-state index in [-0.39, 0.29) is 12.2 Å². The zero-order valence-electron chi connectivity index (χ0n) is 9.78. The fourth-order valence-corrected chi connectivity index (χ4v) is 1.04. The average Bonchev–Trinajstić information content (AvgIpc) is 2.10. The van der Waals surface area contributed by atoms with Crippen molar-refractivity contribution in [3.05, 3.63) is 29.3 Å². The maximum atomic E-state index is 9.87. The minimum absolute atomic E-state index is 0.312. The monoisotopic (exact) mass is 223 g/mol. The number of anilines is 1. The van der Waals surface area contributed by atoms with Gasteiger partial charge in [0, 0.05) is 5.69 Å². The molecule has 88 valence electrons. The van der Waals surface area contributed by atoms with Gasteiger partial charge in [-0.05, 0) is 32.4 Å². The zero-order valence-corrected chi connectivity index (χ0v) is 9.78. The molecule has 1 rings (SSSR count). The maximum absolute atomic E-state index is 9.87. The Morgan fingerprint density at radius 1 is 1.31 bits per heavy atom. The number of nitrogens with two attached hydrogens (primary N) is 1. The molecule has 16 heavy (non-hydrogen) atoms. The van der Waals surface area contributed by atoms with E-state index in [1.807, 2.05) is 19.1 Å². The third-order valence-electron chi connectivity index (χ3n) is 1.83. The van der Waals surface area contributed by atoms with Crippen LogP contribution in [0.3, 0.4) is 0 Å². The molecule has 0 aliphatic carbocycles. The van der Waals surface area contributed by atoms with Gasteiger partial charge in [-0.2, -0.15) is 0 Å². The highest BCUT2D eigenvalue weighted by Crippen LogP contribution is 2.10. The molecule has 4 heteroatoms. The van der Waals surface area contributed by atoms with Crippen LogP contribution in [0.5, 0.6) is 0 Å². The number of nitrogen functional groups attached to an aromatic ring is 1. The van der Waals surface area contributed by atoms with E-state index in [9.17, 15) is 9.59 Å². The molecule has 0 aliphatic heterocycles. The van der Waals surface area contributed by atoms with Gasteiger partial charge in [0.1, 0.15) is 12.2 Å². The molecule has 0 spiro atoms. The number of ketones is 1. The van der Waals surface area contributed by atoms with Crippen molar-refractivity contribution in [2.75, 3.05) is 5.73 Å². The predicted octanol–water partition coefficient (Wildman–Crippen LogP) is 1.94. The maximum Gasteiger partial charge on any atom is 0.310 e. The van der Waals surface area contributed by atoms with Crippen molar-refractivity contribution in [3.8, 4) is 0 Å². The molecule has 0 heterocycles. The van der Waals surface area contributed by atoms with Gasteiger partial charge in [0.15, 0.2) is 0 Å². The minimum atomic E-state index is -1.06. The number of carboxylic acids is 1. The second-order valence-corrected chi connectivity index (χ2v) is 3.63. The fourth-order valence-electron chi connectivity index (χ4n) is 1.04. The standard InChI is InChI=1S/C8H11N.C4H6O3/c1-6-3-4-8(9)7(2)5-6;1-3(5)2-4(6)7/h3-5H,9H2,1-2H3;2H2,1H3,(H,6,7). The Morgan fingerprint density at radius 3 is 2.12 bits per heavy atom. The number of hydrogen-bond donors (Lipinski definition) is 2. The lowest BCUT2D eigenvalue weighted by atomic mass is 10.1. The van der Waals surface area contributed by atoms with Gasteiger partial charge in [0.05, 0.1) is 0 Å². The molecule has 0 bridgehead atoms. The van der Waals surface area contributed by atoms with Crippen molar-refractivity contribution in [1.82, 2.24) is 0 Å². The van der Waals surface area contributed by atoms with E-state index in [4.69, 9.17) is 10.8 Å². The number of carbonyl (C=O) groups is 2. The quantitative estimate of drug-likeness (QED) is 0.593. The highest BCUT2D eigenvalue weighted by Gasteiger charge is 1.98. The van der Waals surface area contributed by atoms with E-state index >= 15 is 0 Å². The summed E-state index contributed by atoms with van der Waals surface area (Å²) in [5.41, 5.74) is 8.89. The van der Waals surface area contributed by atoms with Crippen molar-refractivity contribution in [2.45, 2.75) is 27.2 Å². The van der Waals surface area contributed by atoms with E-state index in [0.29, 0.717) is 0 Å². The molecular formula is C12H17NO3. The van der Waals surface area contributed by atoms with Crippen LogP contribution < -0.4 is 5.73 Å². The first kappa shape index (κ1) is 14.2. The van der Waals surface area contributed by atoms with Crippen LogP contribution in [0.2, 0.25) is 0 Å². The van der Waals surface area contributed by atoms with Crippen LogP contribution in [-0.4, -0.2) is 16.9 Å². The normalized spacial score (nSPS) is 8.94. The smallest absolute Gasteiger partial charge is 0.310 e. The molecule has 0 fully saturated rings. The summed E-state index contributed by atoms with van der Waals surface area (Å²) in [6.45, 7) is 5.32. The summed E-state index contributed by atoms with van der Waals surface area (Å²) in [6.07, 6.45) is -0.361. The van der Waals surface area contributed by atoms with Gasteiger partial charge in [-0.25, -0.2) is 0 Å². The van der Waals surface area contributed by atoms with E-state index in [1.165, 1.54) is 12.5 Å². The Kier molecular flexibility index (Phi) is 5.85. The molecule has 0 aliphatic rings. The Labute approximate surface area is 95.1 Å². The van der Waals surface area contributed by atoms with Crippen molar-refractivity contribution in [3.63, 3.8) is 0 Å². The van der Waals surface area contributed by atoms with Gasteiger partial charge >= 0.3 is 5.97 Å². The lowest BCUT2D eigenvalue weighted by Gasteiger charge is -1.98. The molecular weight excluding hydrogens is 206 g/mol. The van der Waals surface area contributed by atoms with Crippen LogP contribution in [0, 0.1) is 13.8 Å². The number of Topliss-reactive ketones (excluding diaryl/α,β-unsaturated/α-hetero) is 1. The highest BCUT2D eigenvalue weighted by atomic mass is 16.4. The van der Waals surface area contributed by atoms with E-state index in [2.05, 4.69) is 13.0 Å². The molecule has 0 amide bonds. The Morgan fingerprint density at radius 2 is 1.88 bits per heavy atom. The minimum Gasteiger partial charge on any atom is -0.481 e. The summed E-state index contributed by atoms with van der Waals surface area (Å²) in [6, 6.07) is 6.03. The van der Waals surface area contributed by atoms with E-state index in [0.717, 1.165) is 11.3 Å². The SMILES string of the molecule is CC(=O)CC(=O)O.Cc1ccc(N)c(C)c1. The molecule has 0 saturated heterocycles. The summed E-state index contributed by atoms with van der Waals surface area (Å²) >= 11 is 0. The molecule has 0 atom stereocenters. The van der Waals surface area contributed by atoms with Crippen LogP contribution in [0.25, 0.3) is 0 Å². The van der Waals surface area contributed by atoms with Crippen molar-refractivity contribution >= 4 is 17.4 Å². The average molecular weight is 223 g/mol. The lowest BCUT2D eigenvalue weighted by molar-refractivity contribution is -0.139. The summed E-state index contributed by atoms with van der Waals surface area (Å²) in [5.74, 6) is -1.37. The third-order valence-corrected chi connectivity index (χ3v) is 1.83. The molecule has 0 aromatic heterocycles. The first-order chi connectivity index (χ1) is 7.32. The van der Waals surface area contributed by atoms with Gasteiger partial charge in [-0.3, -0.25) is 9.59 Å². The van der Waals surface area contributed by atoms with Gasteiger partial charge in [0.25, 0.3) is 0 Å². The largest absolute Gasteiger partial charge is 0.481 e. The number of hydrogen-bond acceptors (Lipinski definition) is 3. The summed E-state index contributed by atoms with van der Waals surface area (Å²) in [4.78, 5) is 19.5. The number of benzene rings is 1. The molecule has 4 nitrogen and oxygen atoms in total. The Balaban J connectivity index is 0.000000293. The summed E-state index contributed by atoms with van der Waals surface area (Å²) in [5, 5.41) is 7.86. The number of aryl methyl sites for hydroxylation is 2.